The van der Waals surface area contributed by atoms with Crippen LogP contribution in [0.15, 0.2) is 88.6 Å². The molecule has 0 saturated carbocycles. The van der Waals surface area contributed by atoms with Crippen molar-refractivity contribution in [3.63, 3.8) is 0 Å². The van der Waals surface area contributed by atoms with Crippen LogP contribution in [0.5, 0.6) is 0 Å². The van der Waals surface area contributed by atoms with Crippen molar-refractivity contribution in [3.05, 3.63) is 106 Å². The molecule has 1 unspecified atom stereocenters. The number of aromatic nitrogens is 2. The maximum Gasteiger partial charge on any atom is 0.272 e. The lowest BCUT2D eigenvalue weighted by atomic mass is 10.0. The number of amides is 1. The highest BCUT2D eigenvalue weighted by atomic mass is 32.2. The summed E-state index contributed by atoms with van der Waals surface area (Å²) in [5.74, 6) is 0.942. The van der Waals surface area contributed by atoms with Crippen LogP contribution in [0.4, 0.5) is 0 Å². The van der Waals surface area contributed by atoms with Crippen molar-refractivity contribution in [2.75, 3.05) is 5.75 Å². The van der Waals surface area contributed by atoms with Gasteiger partial charge in [-0.2, -0.15) is 0 Å². The number of thioether (sulfide) groups is 1. The molecule has 0 saturated heterocycles. The van der Waals surface area contributed by atoms with E-state index in [1.807, 2.05) is 66.4 Å². The Labute approximate surface area is 203 Å². The topological polar surface area (TPSA) is 64.0 Å². The Hall–Kier alpha value is -3.38. The molecule has 3 aromatic carbocycles. The standard InChI is InChI=1S/C28H27N3O2S/c32-27(30-22-17-19-34-26-13-7-4-10-21(22)26)15-14-24-28(33)31(18-16-20-8-2-1-3-9-20)25-12-6-5-11-23(25)29-24/h1-13,22H,14-19H2,(H,30,32). The fourth-order valence-corrected chi connectivity index (χ4v) is 5.63. The van der Waals surface area contributed by atoms with Gasteiger partial charge in [0.2, 0.25) is 5.91 Å². The lowest BCUT2D eigenvalue weighted by molar-refractivity contribution is -0.121. The lowest BCUT2D eigenvalue weighted by Crippen LogP contribution is -2.32. The molecule has 1 aliphatic heterocycles. The molecule has 0 radical (unpaired) electrons. The molecular weight excluding hydrogens is 442 g/mol. The molecule has 1 N–H and O–H groups in total. The maximum absolute atomic E-state index is 13.3. The zero-order chi connectivity index (χ0) is 23.3. The van der Waals surface area contributed by atoms with E-state index in [0.717, 1.165) is 29.6 Å². The fourth-order valence-electron chi connectivity index (χ4n) is 4.51. The van der Waals surface area contributed by atoms with Crippen LogP contribution in [-0.4, -0.2) is 21.2 Å². The van der Waals surface area contributed by atoms with Crippen LogP contribution in [-0.2, 0) is 24.2 Å². The van der Waals surface area contributed by atoms with E-state index in [9.17, 15) is 9.59 Å². The fraction of sp³-hybridized carbons (Fsp3) is 0.250. The SMILES string of the molecule is O=C(CCc1nc2ccccc2n(CCc2ccccc2)c1=O)NC1CCSc2ccccc21. The molecule has 0 bridgehead atoms. The van der Waals surface area contributed by atoms with Gasteiger partial charge in [0.15, 0.2) is 0 Å². The monoisotopic (exact) mass is 469 g/mol. The number of fused-ring (bicyclic) bond motifs is 2. The predicted molar refractivity (Wildman–Crippen MR) is 137 cm³/mol. The van der Waals surface area contributed by atoms with Gasteiger partial charge in [0.05, 0.1) is 17.1 Å². The molecular formula is C28H27N3O2S. The Morgan fingerprint density at radius 2 is 1.74 bits per heavy atom. The van der Waals surface area contributed by atoms with Gasteiger partial charge >= 0.3 is 0 Å². The Balaban J connectivity index is 1.32. The summed E-state index contributed by atoms with van der Waals surface area (Å²) in [7, 11) is 0. The van der Waals surface area contributed by atoms with E-state index in [4.69, 9.17) is 0 Å². The van der Waals surface area contributed by atoms with Crippen LogP contribution in [0.25, 0.3) is 11.0 Å². The number of hydrogen-bond donors (Lipinski definition) is 1. The van der Waals surface area contributed by atoms with Crippen LogP contribution in [0.2, 0.25) is 0 Å². The smallest absolute Gasteiger partial charge is 0.272 e. The van der Waals surface area contributed by atoms with E-state index in [0.29, 0.717) is 18.7 Å². The maximum atomic E-state index is 13.3. The van der Waals surface area contributed by atoms with Gasteiger partial charge in [-0.25, -0.2) is 4.98 Å². The van der Waals surface area contributed by atoms with Crippen LogP contribution >= 0.6 is 11.8 Å². The Bertz CT molecular complexity index is 1370. The second-order valence-corrected chi connectivity index (χ2v) is 9.67. The number of nitrogens with zero attached hydrogens (tertiary/aromatic N) is 2. The summed E-state index contributed by atoms with van der Waals surface area (Å²) in [6, 6.07) is 26.1. The average molecular weight is 470 g/mol. The van der Waals surface area contributed by atoms with Crippen molar-refractivity contribution in [1.29, 1.82) is 0 Å². The molecule has 5 nitrogen and oxygen atoms in total. The molecule has 0 spiro atoms. The molecule has 5 rings (SSSR count). The number of para-hydroxylation sites is 2. The van der Waals surface area contributed by atoms with Crippen molar-refractivity contribution >= 4 is 28.7 Å². The van der Waals surface area contributed by atoms with Gasteiger partial charge in [-0.1, -0.05) is 60.7 Å². The predicted octanol–water partition coefficient (Wildman–Crippen LogP) is 4.93. The van der Waals surface area contributed by atoms with E-state index >= 15 is 0 Å². The summed E-state index contributed by atoms with van der Waals surface area (Å²) >= 11 is 1.83. The number of aryl methyl sites for hydroxylation is 3. The molecule has 4 aromatic rings. The van der Waals surface area contributed by atoms with Crippen molar-refractivity contribution in [2.24, 2.45) is 0 Å². The van der Waals surface area contributed by atoms with Gasteiger partial charge in [-0.15, -0.1) is 11.8 Å². The highest BCUT2D eigenvalue weighted by Crippen LogP contribution is 2.35. The van der Waals surface area contributed by atoms with Gasteiger partial charge in [-0.3, -0.25) is 9.59 Å². The average Bonchev–Trinajstić information content (AvgIpc) is 2.88. The van der Waals surface area contributed by atoms with E-state index in [-0.39, 0.29) is 23.9 Å². The number of carbonyl (C=O) groups excluding carboxylic acids is 1. The molecule has 0 fully saturated rings. The molecule has 1 atom stereocenters. The molecule has 172 valence electrons. The van der Waals surface area contributed by atoms with Gasteiger partial charge in [0, 0.05) is 30.0 Å². The van der Waals surface area contributed by atoms with Gasteiger partial charge in [-0.05, 0) is 42.2 Å². The zero-order valence-electron chi connectivity index (χ0n) is 18.9. The third-order valence-electron chi connectivity index (χ3n) is 6.27. The summed E-state index contributed by atoms with van der Waals surface area (Å²) < 4.78 is 1.80. The first kappa shape index (κ1) is 22.4. The highest BCUT2D eigenvalue weighted by Gasteiger charge is 2.22. The Morgan fingerprint density at radius 1 is 0.971 bits per heavy atom. The minimum absolute atomic E-state index is 0.0250. The first-order valence-electron chi connectivity index (χ1n) is 11.7. The van der Waals surface area contributed by atoms with Crippen LogP contribution in [0.3, 0.4) is 0 Å². The third-order valence-corrected chi connectivity index (χ3v) is 7.39. The first-order valence-corrected chi connectivity index (χ1v) is 12.7. The highest BCUT2D eigenvalue weighted by molar-refractivity contribution is 7.99. The second-order valence-electron chi connectivity index (χ2n) is 8.53. The largest absolute Gasteiger partial charge is 0.349 e. The van der Waals surface area contributed by atoms with Gasteiger partial charge < -0.3 is 9.88 Å². The van der Waals surface area contributed by atoms with Gasteiger partial charge in [0.1, 0.15) is 5.69 Å². The molecule has 0 aliphatic carbocycles. The molecule has 1 aliphatic rings. The quantitative estimate of drug-likeness (QED) is 0.417. The van der Waals surface area contributed by atoms with E-state index in [1.165, 1.54) is 16.0 Å². The molecule has 1 amide bonds. The van der Waals surface area contributed by atoms with Gasteiger partial charge in [0.25, 0.3) is 5.56 Å². The van der Waals surface area contributed by atoms with Crippen molar-refractivity contribution < 1.29 is 4.79 Å². The normalized spacial score (nSPS) is 15.1. The van der Waals surface area contributed by atoms with E-state index in [2.05, 4.69) is 34.6 Å². The van der Waals surface area contributed by atoms with Crippen molar-refractivity contribution in [1.82, 2.24) is 14.9 Å². The third kappa shape index (κ3) is 4.92. The zero-order valence-corrected chi connectivity index (χ0v) is 19.8. The molecule has 1 aromatic heterocycles. The van der Waals surface area contributed by atoms with Crippen LogP contribution in [0.1, 0.15) is 35.7 Å². The number of nitrogens with one attached hydrogen (secondary N) is 1. The second kappa shape index (κ2) is 10.3. The van der Waals surface area contributed by atoms with Crippen LogP contribution in [0, 0.1) is 0 Å². The Morgan fingerprint density at radius 3 is 2.62 bits per heavy atom. The number of benzene rings is 3. The molecule has 2 heterocycles. The van der Waals surface area contributed by atoms with Crippen molar-refractivity contribution in [2.45, 2.75) is 43.2 Å². The lowest BCUT2D eigenvalue weighted by Gasteiger charge is -2.25. The summed E-state index contributed by atoms with van der Waals surface area (Å²) in [4.78, 5) is 32.0. The van der Waals surface area contributed by atoms with Crippen LogP contribution < -0.4 is 10.9 Å². The summed E-state index contributed by atoms with van der Waals surface area (Å²) in [6.45, 7) is 0.571. The number of hydrogen-bond acceptors (Lipinski definition) is 4. The number of rotatable bonds is 7. The van der Waals surface area contributed by atoms with E-state index < -0.39 is 0 Å². The summed E-state index contributed by atoms with van der Waals surface area (Å²) in [5.41, 5.74) is 4.31. The summed E-state index contributed by atoms with van der Waals surface area (Å²) in [5, 5.41) is 3.17. The van der Waals surface area contributed by atoms with E-state index in [1.54, 1.807) is 4.57 Å². The first-order chi connectivity index (χ1) is 16.7. The minimum Gasteiger partial charge on any atom is -0.349 e. The van der Waals surface area contributed by atoms with Crippen molar-refractivity contribution in [3.8, 4) is 0 Å². The molecule has 6 heteroatoms. The molecule has 34 heavy (non-hydrogen) atoms. The number of carbonyl (C=O) groups is 1. The summed E-state index contributed by atoms with van der Waals surface area (Å²) in [6.07, 6.45) is 2.23. The minimum atomic E-state index is -0.109. The Kier molecular flexibility index (Phi) is 6.77.